The molecular formula is C19H17ClF2N4OS. The Morgan fingerprint density at radius 2 is 2.11 bits per heavy atom. The number of hydrogen-bond donors (Lipinski definition) is 2. The maximum Gasteiger partial charge on any atom is 0.274 e. The van der Waals surface area contributed by atoms with E-state index < -0.39 is 23.1 Å². The highest BCUT2D eigenvalue weighted by Crippen LogP contribution is 2.61. The molecule has 1 aliphatic carbocycles. The first-order chi connectivity index (χ1) is 13.2. The highest BCUT2D eigenvalue weighted by atomic mass is 35.5. The zero-order chi connectivity index (χ0) is 20.2. The molecule has 3 N–H and O–H groups in total. The summed E-state index contributed by atoms with van der Waals surface area (Å²) in [5.74, 6) is -2.28. The van der Waals surface area contributed by atoms with E-state index in [2.05, 4.69) is 15.3 Å². The van der Waals surface area contributed by atoms with Crippen molar-refractivity contribution in [3.05, 3.63) is 58.4 Å². The Morgan fingerprint density at radius 3 is 2.79 bits per heavy atom. The number of amidine groups is 1. The molecule has 2 heterocycles. The quantitative estimate of drug-likeness (QED) is 0.777. The number of thioether (sulfide) groups is 1. The minimum Gasteiger partial charge on any atom is -0.379 e. The summed E-state index contributed by atoms with van der Waals surface area (Å²) >= 11 is 7.23. The SMILES string of the molecule is C[C@@H]1[C@@H]2SC(N)=N[C@](C)(c3cc(NC(=O)c4ccc(Cl)cn4)cc(F)c3F)[C@H]12. The lowest BCUT2D eigenvalue weighted by Crippen LogP contribution is -2.32. The van der Waals surface area contributed by atoms with Gasteiger partial charge in [-0.1, -0.05) is 30.3 Å². The molecule has 4 rings (SSSR count). The molecule has 0 saturated heterocycles. The second-order valence-corrected chi connectivity index (χ2v) is 8.84. The smallest absolute Gasteiger partial charge is 0.274 e. The number of rotatable bonds is 3. The largest absolute Gasteiger partial charge is 0.379 e. The van der Waals surface area contributed by atoms with E-state index in [-0.39, 0.29) is 34.0 Å². The van der Waals surface area contributed by atoms with E-state index >= 15 is 0 Å². The standard InChI is InChI=1S/C19H17ClF2N4OS/c1-8-14-16(8)28-18(23)26-19(14,2)11-5-10(6-12(21)15(11)22)25-17(27)13-4-3-9(20)7-24-13/h3-8,14,16H,1-2H3,(H2,23,26)(H,25,27)/t8-,14+,16-,19+/m0/s1. The van der Waals surface area contributed by atoms with Crippen LogP contribution in [0, 0.1) is 23.5 Å². The van der Waals surface area contributed by atoms with Gasteiger partial charge in [0.05, 0.1) is 10.6 Å². The molecule has 5 nitrogen and oxygen atoms in total. The molecule has 1 fully saturated rings. The Hall–Kier alpha value is -2.19. The number of nitrogens with one attached hydrogen (secondary N) is 1. The van der Waals surface area contributed by atoms with E-state index in [1.54, 1.807) is 6.92 Å². The number of nitrogens with two attached hydrogens (primary N) is 1. The molecule has 0 radical (unpaired) electrons. The lowest BCUT2D eigenvalue weighted by atomic mass is 9.85. The fourth-order valence-corrected chi connectivity index (χ4v) is 5.47. The van der Waals surface area contributed by atoms with Crippen LogP contribution in [0.4, 0.5) is 14.5 Å². The summed E-state index contributed by atoms with van der Waals surface area (Å²) in [6.45, 7) is 3.80. The molecule has 146 valence electrons. The number of halogens is 3. The molecular weight excluding hydrogens is 406 g/mol. The lowest BCUT2D eigenvalue weighted by Gasteiger charge is -2.30. The van der Waals surface area contributed by atoms with Gasteiger partial charge in [-0.05, 0) is 31.0 Å². The average Bonchev–Trinajstić information content (AvgIpc) is 3.28. The molecule has 1 saturated carbocycles. The third-order valence-electron chi connectivity index (χ3n) is 5.34. The van der Waals surface area contributed by atoms with Gasteiger partial charge in [0.15, 0.2) is 16.8 Å². The zero-order valence-electron chi connectivity index (χ0n) is 15.0. The van der Waals surface area contributed by atoms with Gasteiger partial charge in [0, 0.05) is 34.7 Å². The monoisotopic (exact) mass is 422 g/mol. The second-order valence-electron chi connectivity index (χ2n) is 7.20. The Balaban J connectivity index is 1.70. The van der Waals surface area contributed by atoms with Crippen molar-refractivity contribution in [1.82, 2.24) is 4.98 Å². The predicted octanol–water partition coefficient (Wildman–Crippen LogP) is 4.18. The summed E-state index contributed by atoms with van der Waals surface area (Å²) < 4.78 is 29.1. The molecule has 4 atom stereocenters. The molecule has 2 aromatic rings. The Bertz CT molecular complexity index is 1000. The number of carbonyl (C=O) groups is 1. The van der Waals surface area contributed by atoms with Gasteiger partial charge in [-0.25, -0.2) is 13.8 Å². The minimum atomic E-state index is -1.06. The van der Waals surface area contributed by atoms with E-state index in [4.69, 9.17) is 17.3 Å². The van der Waals surface area contributed by atoms with Crippen LogP contribution in [0.5, 0.6) is 0 Å². The first-order valence-corrected chi connectivity index (χ1v) is 9.91. The van der Waals surface area contributed by atoms with Crippen molar-refractivity contribution >= 4 is 40.1 Å². The molecule has 0 unspecified atom stereocenters. The van der Waals surface area contributed by atoms with E-state index in [0.29, 0.717) is 10.2 Å². The normalized spacial score (nSPS) is 28.3. The number of fused-ring (bicyclic) bond motifs is 1. The first-order valence-electron chi connectivity index (χ1n) is 8.65. The van der Waals surface area contributed by atoms with Crippen molar-refractivity contribution in [3.8, 4) is 0 Å². The van der Waals surface area contributed by atoms with Crippen LogP contribution in [0.15, 0.2) is 35.5 Å². The Labute approximate surface area is 169 Å². The summed E-state index contributed by atoms with van der Waals surface area (Å²) in [5.41, 5.74) is 5.24. The van der Waals surface area contributed by atoms with Crippen LogP contribution in [0.3, 0.4) is 0 Å². The third kappa shape index (κ3) is 3.14. The molecule has 9 heteroatoms. The maximum atomic E-state index is 14.7. The fourth-order valence-electron chi connectivity index (χ4n) is 3.88. The van der Waals surface area contributed by atoms with Crippen molar-refractivity contribution in [3.63, 3.8) is 0 Å². The van der Waals surface area contributed by atoms with Gasteiger partial charge in [-0.2, -0.15) is 0 Å². The number of pyridine rings is 1. The van der Waals surface area contributed by atoms with Gasteiger partial charge in [0.25, 0.3) is 5.91 Å². The van der Waals surface area contributed by atoms with E-state index in [0.717, 1.165) is 6.07 Å². The van der Waals surface area contributed by atoms with Crippen molar-refractivity contribution in [1.29, 1.82) is 0 Å². The molecule has 0 spiro atoms. The number of aliphatic imine (C=N–C) groups is 1. The molecule has 28 heavy (non-hydrogen) atoms. The van der Waals surface area contributed by atoms with Crippen LogP contribution in [0.25, 0.3) is 0 Å². The summed E-state index contributed by atoms with van der Waals surface area (Å²) in [6, 6.07) is 5.32. The molecule has 0 bridgehead atoms. The average molecular weight is 423 g/mol. The van der Waals surface area contributed by atoms with Crippen molar-refractivity contribution in [2.75, 3.05) is 5.32 Å². The van der Waals surface area contributed by atoms with Gasteiger partial charge >= 0.3 is 0 Å². The number of benzene rings is 1. The number of carbonyl (C=O) groups excluding carboxylic acids is 1. The van der Waals surface area contributed by atoms with E-state index in [1.165, 1.54) is 36.2 Å². The molecule has 1 aromatic carbocycles. The number of anilines is 1. The second kappa shape index (κ2) is 6.70. The van der Waals surface area contributed by atoms with Gasteiger partial charge in [0.1, 0.15) is 5.69 Å². The zero-order valence-corrected chi connectivity index (χ0v) is 16.6. The Kier molecular flexibility index (Phi) is 4.58. The van der Waals surface area contributed by atoms with E-state index in [9.17, 15) is 13.6 Å². The van der Waals surface area contributed by atoms with Crippen molar-refractivity contribution < 1.29 is 13.6 Å². The van der Waals surface area contributed by atoms with Crippen molar-refractivity contribution in [2.24, 2.45) is 22.6 Å². The van der Waals surface area contributed by atoms with Crippen LogP contribution in [0.2, 0.25) is 5.02 Å². The number of nitrogens with zero attached hydrogens (tertiary/aromatic N) is 2. The molecule has 2 aliphatic rings. The van der Waals surface area contributed by atoms with Crippen LogP contribution in [-0.2, 0) is 5.54 Å². The number of amides is 1. The minimum absolute atomic E-state index is 0.0441. The van der Waals surface area contributed by atoms with Gasteiger partial charge in [0.2, 0.25) is 0 Å². The fraction of sp³-hybridized carbons (Fsp3) is 0.316. The lowest BCUT2D eigenvalue weighted by molar-refractivity contribution is 0.102. The molecule has 1 aromatic heterocycles. The topological polar surface area (TPSA) is 80.4 Å². The van der Waals surface area contributed by atoms with Gasteiger partial charge < -0.3 is 11.1 Å². The first kappa shape index (κ1) is 19.1. The van der Waals surface area contributed by atoms with E-state index in [1.807, 2.05) is 6.92 Å². The maximum absolute atomic E-state index is 14.7. The highest BCUT2D eigenvalue weighted by Gasteiger charge is 2.61. The van der Waals surface area contributed by atoms with Crippen LogP contribution < -0.4 is 11.1 Å². The third-order valence-corrected chi connectivity index (χ3v) is 6.89. The van der Waals surface area contributed by atoms with Gasteiger partial charge in [-0.3, -0.25) is 9.79 Å². The Morgan fingerprint density at radius 1 is 1.36 bits per heavy atom. The summed E-state index contributed by atoms with van der Waals surface area (Å²) in [4.78, 5) is 20.8. The number of hydrogen-bond acceptors (Lipinski definition) is 5. The van der Waals surface area contributed by atoms with Gasteiger partial charge in [-0.15, -0.1) is 0 Å². The van der Waals surface area contributed by atoms with Crippen molar-refractivity contribution in [2.45, 2.75) is 24.6 Å². The predicted molar refractivity (Wildman–Crippen MR) is 107 cm³/mol. The molecule has 1 amide bonds. The van der Waals surface area contributed by atoms with Crippen LogP contribution in [-0.4, -0.2) is 21.3 Å². The van der Waals surface area contributed by atoms with Crippen LogP contribution in [0.1, 0.15) is 29.9 Å². The van der Waals surface area contributed by atoms with Crippen LogP contribution >= 0.6 is 23.4 Å². The number of aromatic nitrogens is 1. The summed E-state index contributed by atoms with van der Waals surface area (Å²) in [5, 5.41) is 3.52. The summed E-state index contributed by atoms with van der Waals surface area (Å²) in [7, 11) is 0. The highest BCUT2D eigenvalue weighted by molar-refractivity contribution is 8.14. The summed E-state index contributed by atoms with van der Waals surface area (Å²) in [6.07, 6.45) is 1.33. The molecule has 1 aliphatic heterocycles.